The highest BCUT2D eigenvalue weighted by Crippen LogP contribution is 2.36. The van der Waals surface area contributed by atoms with Crippen LogP contribution in [0.15, 0.2) is 30.3 Å². The summed E-state index contributed by atoms with van der Waals surface area (Å²) < 4.78 is 4.96. The van der Waals surface area contributed by atoms with E-state index < -0.39 is 17.5 Å². The van der Waals surface area contributed by atoms with Gasteiger partial charge in [-0.25, -0.2) is 4.79 Å². The minimum absolute atomic E-state index is 0.154. The Kier molecular flexibility index (Phi) is 2.19. The van der Waals surface area contributed by atoms with Crippen LogP contribution in [0.1, 0.15) is 18.4 Å². The SMILES string of the molecule is O=C1CCC(C(=O)O)(c2ccccc2)O1. The number of hydrogen-bond acceptors (Lipinski definition) is 3. The highest BCUT2D eigenvalue weighted by molar-refractivity contribution is 5.86. The number of hydrogen-bond donors (Lipinski definition) is 1. The number of carbonyl (C=O) groups is 2. The van der Waals surface area contributed by atoms with Crippen LogP contribution < -0.4 is 0 Å². The molecule has 0 aromatic heterocycles. The molecule has 1 atom stereocenters. The molecule has 2 rings (SSSR count). The lowest BCUT2D eigenvalue weighted by molar-refractivity contribution is -0.170. The van der Waals surface area contributed by atoms with Crippen molar-refractivity contribution in [3.05, 3.63) is 35.9 Å². The second-order valence-corrected chi connectivity index (χ2v) is 3.47. The van der Waals surface area contributed by atoms with E-state index in [-0.39, 0.29) is 12.8 Å². The molecular weight excluding hydrogens is 196 g/mol. The number of ether oxygens (including phenoxy) is 1. The number of carbonyl (C=O) groups excluding carboxylic acids is 1. The van der Waals surface area contributed by atoms with Crippen molar-refractivity contribution in [2.24, 2.45) is 0 Å². The minimum atomic E-state index is -1.47. The van der Waals surface area contributed by atoms with Gasteiger partial charge in [0.05, 0.1) is 6.42 Å². The Hall–Kier alpha value is -1.84. The average Bonchev–Trinajstić information content (AvgIpc) is 2.63. The quantitative estimate of drug-likeness (QED) is 0.741. The van der Waals surface area contributed by atoms with Crippen molar-refractivity contribution in [1.29, 1.82) is 0 Å². The van der Waals surface area contributed by atoms with Gasteiger partial charge in [0.1, 0.15) is 0 Å². The molecule has 1 aromatic carbocycles. The van der Waals surface area contributed by atoms with Crippen LogP contribution in [-0.2, 0) is 19.9 Å². The van der Waals surface area contributed by atoms with Crippen LogP contribution >= 0.6 is 0 Å². The first kappa shape index (κ1) is 9.71. The Labute approximate surface area is 86.5 Å². The van der Waals surface area contributed by atoms with Gasteiger partial charge in [-0.15, -0.1) is 0 Å². The Bertz CT molecular complexity index is 398. The van der Waals surface area contributed by atoms with Crippen LogP contribution in [0, 0.1) is 0 Å². The second-order valence-electron chi connectivity index (χ2n) is 3.47. The fourth-order valence-electron chi connectivity index (χ4n) is 1.76. The minimum Gasteiger partial charge on any atom is -0.478 e. The van der Waals surface area contributed by atoms with Crippen LogP contribution in [0.2, 0.25) is 0 Å². The van der Waals surface area contributed by atoms with Gasteiger partial charge < -0.3 is 9.84 Å². The first-order valence-corrected chi connectivity index (χ1v) is 4.66. The molecule has 0 aliphatic carbocycles. The zero-order valence-corrected chi connectivity index (χ0v) is 7.97. The predicted molar refractivity (Wildman–Crippen MR) is 51.1 cm³/mol. The lowest BCUT2D eigenvalue weighted by atomic mass is 9.91. The van der Waals surface area contributed by atoms with Crippen molar-refractivity contribution in [2.45, 2.75) is 18.4 Å². The van der Waals surface area contributed by atoms with Crippen LogP contribution in [0.4, 0.5) is 0 Å². The van der Waals surface area contributed by atoms with Crippen LogP contribution in [0.3, 0.4) is 0 Å². The smallest absolute Gasteiger partial charge is 0.352 e. The molecule has 0 spiro atoms. The molecule has 78 valence electrons. The lowest BCUT2D eigenvalue weighted by Gasteiger charge is -2.22. The van der Waals surface area contributed by atoms with Gasteiger partial charge >= 0.3 is 11.9 Å². The zero-order valence-electron chi connectivity index (χ0n) is 7.97. The van der Waals surface area contributed by atoms with Gasteiger partial charge in [0.25, 0.3) is 0 Å². The van der Waals surface area contributed by atoms with Crippen LogP contribution in [-0.4, -0.2) is 17.0 Å². The maximum absolute atomic E-state index is 11.2. The standard InChI is InChI=1S/C11H10O4/c12-9-6-7-11(15-9,10(13)14)8-4-2-1-3-5-8/h1-5H,6-7H2,(H,13,14). The maximum Gasteiger partial charge on any atom is 0.352 e. The normalized spacial score (nSPS) is 24.9. The Morgan fingerprint density at radius 2 is 2.00 bits per heavy atom. The fraction of sp³-hybridized carbons (Fsp3) is 0.273. The van der Waals surface area contributed by atoms with Gasteiger partial charge in [0.15, 0.2) is 0 Å². The number of carboxylic acids is 1. The summed E-state index contributed by atoms with van der Waals surface area (Å²) in [6.45, 7) is 0. The fourth-order valence-corrected chi connectivity index (χ4v) is 1.76. The number of aliphatic carboxylic acids is 1. The van der Waals surface area contributed by atoms with E-state index in [1.807, 2.05) is 0 Å². The van der Waals surface area contributed by atoms with E-state index in [2.05, 4.69) is 0 Å². The highest BCUT2D eigenvalue weighted by Gasteiger charge is 2.48. The van der Waals surface area contributed by atoms with E-state index in [1.54, 1.807) is 30.3 Å². The summed E-state index contributed by atoms with van der Waals surface area (Å²) in [6, 6.07) is 8.56. The van der Waals surface area contributed by atoms with E-state index in [0.717, 1.165) is 0 Å². The molecular formula is C11H10O4. The van der Waals surface area contributed by atoms with E-state index >= 15 is 0 Å². The van der Waals surface area contributed by atoms with Gasteiger partial charge in [0.2, 0.25) is 5.60 Å². The van der Waals surface area contributed by atoms with Crippen molar-refractivity contribution in [2.75, 3.05) is 0 Å². The molecule has 15 heavy (non-hydrogen) atoms. The van der Waals surface area contributed by atoms with Gasteiger partial charge in [-0.3, -0.25) is 4.79 Å². The monoisotopic (exact) mass is 206 g/mol. The summed E-state index contributed by atoms with van der Waals surface area (Å²) in [7, 11) is 0. The Balaban J connectivity index is 2.45. The molecule has 1 fully saturated rings. The number of carboxylic acid groups (broad SMARTS) is 1. The molecule has 1 saturated heterocycles. The van der Waals surface area contributed by atoms with E-state index in [0.29, 0.717) is 5.56 Å². The number of rotatable bonds is 2. The molecule has 1 aliphatic heterocycles. The number of benzene rings is 1. The van der Waals surface area contributed by atoms with Crippen LogP contribution in [0.25, 0.3) is 0 Å². The number of esters is 1. The third-order valence-electron chi connectivity index (χ3n) is 2.55. The molecule has 1 aliphatic rings. The summed E-state index contributed by atoms with van der Waals surface area (Å²) in [5, 5.41) is 9.16. The number of cyclic esters (lactones) is 1. The summed E-state index contributed by atoms with van der Waals surface area (Å²) >= 11 is 0. The summed E-state index contributed by atoms with van der Waals surface area (Å²) in [5.74, 6) is -1.57. The first-order chi connectivity index (χ1) is 7.15. The Morgan fingerprint density at radius 1 is 1.33 bits per heavy atom. The molecule has 1 N–H and O–H groups in total. The first-order valence-electron chi connectivity index (χ1n) is 4.66. The molecule has 4 heteroatoms. The summed E-state index contributed by atoms with van der Waals surface area (Å²) in [4.78, 5) is 22.2. The highest BCUT2D eigenvalue weighted by atomic mass is 16.6. The molecule has 4 nitrogen and oxygen atoms in total. The van der Waals surface area contributed by atoms with Gasteiger partial charge in [0, 0.05) is 12.0 Å². The van der Waals surface area contributed by atoms with E-state index in [1.165, 1.54) is 0 Å². The van der Waals surface area contributed by atoms with E-state index in [9.17, 15) is 9.59 Å². The van der Waals surface area contributed by atoms with Crippen molar-refractivity contribution in [3.8, 4) is 0 Å². The van der Waals surface area contributed by atoms with Gasteiger partial charge in [-0.05, 0) is 0 Å². The molecule has 1 heterocycles. The second kappa shape index (κ2) is 3.38. The van der Waals surface area contributed by atoms with E-state index in [4.69, 9.17) is 9.84 Å². The van der Waals surface area contributed by atoms with Gasteiger partial charge in [-0.1, -0.05) is 30.3 Å². The molecule has 0 bridgehead atoms. The maximum atomic E-state index is 11.2. The van der Waals surface area contributed by atoms with Gasteiger partial charge in [-0.2, -0.15) is 0 Å². The molecule has 1 aromatic rings. The third-order valence-corrected chi connectivity index (χ3v) is 2.55. The lowest BCUT2D eigenvalue weighted by Crippen LogP contribution is -2.35. The topological polar surface area (TPSA) is 63.6 Å². The van der Waals surface area contributed by atoms with Crippen molar-refractivity contribution < 1.29 is 19.4 Å². The van der Waals surface area contributed by atoms with Crippen LogP contribution in [0.5, 0.6) is 0 Å². The largest absolute Gasteiger partial charge is 0.478 e. The molecule has 0 saturated carbocycles. The third kappa shape index (κ3) is 1.48. The van der Waals surface area contributed by atoms with Crippen molar-refractivity contribution >= 4 is 11.9 Å². The zero-order chi connectivity index (χ0) is 10.9. The summed E-state index contributed by atoms with van der Waals surface area (Å²) in [5.41, 5.74) is -0.957. The molecule has 0 amide bonds. The predicted octanol–water partition coefficient (Wildman–Crippen LogP) is 1.30. The van der Waals surface area contributed by atoms with Crippen molar-refractivity contribution in [1.82, 2.24) is 0 Å². The molecule has 1 unspecified atom stereocenters. The van der Waals surface area contributed by atoms with Crippen molar-refractivity contribution in [3.63, 3.8) is 0 Å². The summed E-state index contributed by atoms with van der Waals surface area (Å²) in [6.07, 6.45) is 0.354. The molecule has 0 radical (unpaired) electrons. The average molecular weight is 206 g/mol. The Morgan fingerprint density at radius 3 is 2.47 bits per heavy atom.